The van der Waals surface area contributed by atoms with E-state index in [1.54, 1.807) is 18.2 Å². The number of rotatable bonds is 2. The van der Waals surface area contributed by atoms with Crippen LogP contribution in [-0.2, 0) is 9.63 Å². The first kappa shape index (κ1) is 12.0. The molecule has 1 aromatic rings. The van der Waals surface area contributed by atoms with E-state index in [9.17, 15) is 9.59 Å². The summed E-state index contributed by atoms with van der Waals surface area (Å²) in [5, 5.41) is 3.66. The van der Waals surface area contributed by atoms with Crippen molar-refractivity contribution in [2.75, 3.05) is 0 Å². The van der Waals surface area contributed by atoms with E-state index in [0.29, 0.717) is 11.3 Å². The predicted molar refractivity (Wildman–Crippen MR) is 67.3 cm³/mol. The molecule has 1 aliphatic rings. The van der Waals surface area contributed by atoms with Crippen LogP contribution in [0.15, 0.2) is 53.7 Å². The molecule has 0 heterocycles. The number of nitrogens with zero attached hydrogens (tertiary/aromatic N) is 1. The molecule has 4 heteroatoms. The molecule has 0 aromatic heterocycles. The van der Waals surface area contributed by atoms with Gasteiger partial charge in [-0.2, -0.15) is 0 Å². The molecule has 0 bridgehead atoms. The Hall–Kier alpha value is -2.49. The Morgan fingerprint density at radius 2 is 1.89 bits per heavy atom. The summed E-state index contributed by atoms with van der Waals surface area (Å²) in [7, 11) is 0. The van der Waals surface area contributed by atoms with Gasteiger partial charge in [-0.25, -0.2) is 4.79 Å². The summed E-state index contributed by atoms with van der Waals surface area (Å²) in [5.41, 5.74) is 1.84. The second-order valence-corrected chi connectivity index (χ2v) is 3.83. The molecule has 0 amide bonds. The number of ketones is 1. The number of oxime groups is 1. The van der Waals surface area contributed by atoms with Gasteiger partial charge in [-0.1, -0.05) is 22.9 Å². The fourth-order valence-electron chi connectivity index (χ4n) is 1.43. The zero-order valence-corrected chi connectivity index (χ0v) is 9.79. The molecule has 2 rings (SSSR count). The third kappa shape index (κ3) is 3.01. The van der Waals surface area contributed by atoms with Crippen LogP contribution in [0.4, 0.5) is 0 Å². The number of carbonyl (C=O) groups excluding carboxylic acids is 2. The van der Waals surface area contributed by atoms with Crippen molar-refractivity contribution in [1.82, 2.24) is 0 Å². The number of carbonyl (C=O) groups is 2. The van der Waals surface area contributed by atoms with Gasteiger partial charge < -0.3 is 4.84 Å². The molecule has 18 heavy (non-hydrogen) atoms. The summed E-state index contributed by atoms with van der Waals surface area (Å²) in [4.78, 5) is 27.3. The van der Waals surface area contributed by atoms with E-state index >= 15 is 0 Å². The van der Waals surface area contributed by atoms with Crippen LogP contribution in [0.2, 0.25) is 0 Å². The Balaban J connectivity index is 2.05. The van der Waals surface area contributed by atoms with E-state index in [1.165, 1.54) is 24.3 Å². The van der Waals surface area contributed by atoms with Crippen molar-refractivity contribution in [1.29, 1.82) is 0 Å². The highest BCUT2D eigenvalue weighted by Crippen LogP contribution is 2.06. The third-order valence-corrected chi connectivity index (χ3v) is 2.32. The maximum Gasteiger partial charge on any atom is 0.365 e. The van der Waals surface area contributed by atoms with Crippen molar-refractivity contribution < 1.29 is 14.4 Å². The van der Waals surface area contributed by atoms with Crippen LogP contribution in [0.1, 0.15) is 15.9 Å². The minimum atomic E-state index is -0.523. The van der Waals surface area contributed by atoms with E-state index < -0.39 is 5.97 Å². The van der Waals surface area contributed by atoms with Crippen molar-refractivity contribution in [2.45, 2.75) is 6.92 Å². The standard InChI is InChI=1S/C14H11NO3/c1-10-3-2-4-11(9-10)14(17)18-15-12-5-7-13(16)8-6-12/h2-9H,1H3. The first-order chi connectivity index (χ1) is 8.65. The maximum absolute atomic E-state index is 11.7. The van der Waals surface area contributed by atoms with Crippen LogP contribution in [0.3, 0.4) is 0 Å². The van der Waals surface area contributed by atoms with Gasteiger partial charge in [-0.3, -0.25) is 4.79 Å². The second kappa shape index (κ2) is 5.23. The minimum Gasteiger partial charge on any atom is -0.312 e. The lowest BCUT2D eigenvalue weighted by Crippen LogP contribution is -2.05. The lowest BCUT2D eigenvalue weighted by atomic mass is 10.1. The van der Waals surface area contributed by atoms with Gasteiger partial charge >= 0.3 is 5.97 Å². The maximum atomic E-state index is 11.7. The largest absolute Gasteiger partial charge is 0.365 e. The van der Waals surface area contributed by atoms with Crippen LogP contribution in [0.5, 0.6) is 0 Å². The minimum absolute atomic E-state index is 0.112. The van der Waals surface area contributed by atoms with Crippen molar-refractivity contribution in [3.05, 3.63) is 59.7 Å². The summed E-state index contributed by atoms with van der Waals surface area (Å²) >= 11 is 0. The summed E-state index contributed by atoms with van der Waals surface area (Å²) in [6, 6.07) is 7.04. The first-order valence-electron chi connectivity index (χ1n) is 5.41. The predicted octanol–water partition coefficient (Wildman–Crippen LogP) is 2.20. The zero-order chi connectivity index (χ0) is 13.0. The molecular formula is C14H11NO3. The quantitative estimate of drug-likeness (QED) is 0.453. The third-order valence-electron chi connectivity index (χ3n) is 2.32. The monoisotopic (exact) mass is 241 g/mol. The molecule has 0 saturated heterocycles. The summed E-state index contributed by atoms with van der Waals surface area (Å²) in [6.45, 7) is 1.89. The van der Waals surface area contributed by atoms with Crippen LogP contribution >= 0.6 is 0 Å². The van der Waals surface area contributed by atoms with Crippen molar-refractivity contribution in [2.24, 2.45) is 5.16 Å². The molecule has 0 aliphatic heterocycles. The molecule has 1 aromatic carbocycles. The molecule has 0 atom stereocenters. The SMILES string of the molecule is Cc1cccc(C(=O)ON=C2C=CC(=O)C=C2)c1. The Morgan fingerprint density at radius 1 is 1.17 bits per heavy atom. The fraction of sp³-hybridized carbons (Fsp3) is 0.0714. The average molecular weight is 241 g/mol. The van der Waals surface area contributed by atoms with Crippen molar-refractivity contribution in [3.8, 4) is 0 Å². The molecular weight excluding hydrogens is 230 g/mol. The lowest BCUT2D eigenvalue weighted by molar-refractivity contribution is -0.110. The smallest absolute Gasteiger partial charge is 0.312 e. The molecule has 90 valence electrons. The van der Waals surface area contributed by atoms with E-state index in [1.807, 2.05) is 13.0 Å². The van der Waals surface area contributed by atoms with E-state index in [4.69, 9.17) is 4.84 Å². The number of aryl methyl sites for hydroxylation is 1. The van der Waals surface area contributed by atoms with Crippen molar-refractivity contribution in [3.63, 3.8) is 0 Å². The Labute approximate surface area is 104 Å². The molecule has 4 nitrogen and oxygen atoms in total. The van der Waals surface area contributed by atoms with Gasteiger partial charge in [0.05, 0.1) is 5.56 Å². The average Bonchev–Trinajstić information content (AvgIpc) is 2.38. The molecule has 0 spiro atoms. The summed E-state index contributed by atoms with van der Waals surface area (Å²) in [5.74, 6) is -0.635. The number of hydrogen-bond donors (Lipinski definition) is 0. The van der Waals surface area contributed by atoms with Gasteiger partial charge in [0.2, 0.25) is 0 Å². The van der Waals surface area contributed by atoms with Gasteiger partial charge in [0.1, 0.15) is 5.71 Å². The Bertz CT molecular complexity index is 564. The van der Waals surface area contributed by atoms with E-state index in [2.05, 4.69) is 5.16 Å². The van der Waals surface area contributed by atoms with Gasteiger partial charge in [-0.15, -0.1) is 0 Å². The van der Waals surface area contributed by atoms with Gasteiger partial charge in [0.25, 0.3) is 0 Å². The molecule has 0 N–H and O–H groups in total. The Kier molecular flexibility index (Phi) is 3.48. The molecule has 1 aliphatic carbocycles. The highest BCUT2D eigenvalue weighted by molar-refractivity contribution is 6.16. The van der Waals surface area contributed by atoms with Crippen LogP contribution in [0, 0.1) is 6.92 Å². The van der Waals surface area contributed by atoms with Crippen LogP contribution in [0.25, 0.3) is 0 Å². The highest BCUT2D eigenvalue weighted by Gasteiger charge is 2.07. The highest BCUT2D eigenvalue weighted by atomic mass is 16.7. The van der Waals surface area contributed by atoms with Crippen LogP contribution in [-0.4, -0.2) is 17.5 Å². The second-order valence-electron chi connectivity index (χ2n) is 3.83. The number of hydrogen-bond acceptors (Lipinski definition) is 4. The molecule has 0 unspecified atom stereocenters. The van der Waals surface area contributed by atoms with Gasteiger partial charge in [0, 0.05) is 0 Å². The summed E-state index contributed by atoms with van der Waals surface area (Å²) in [6.07, 6.45) is 5.70. The normalized spacial score (nSPS) is 13.6. The molecule has 0 fully saturated rings. The van der Waals surface area contributed by atoms with Crippen molar-refractivity contribution >= 4 is 17.5 Å². The van der Waals surface area contributed by atoms with E-state index in [0.717, 1.165) is 5.56 Å². The van der Waals surface area contributed by atoms with Gasteiger partial charge in [0.15, 0.2) is 5.78 Å². The molecule has 0 saturated carbocycles. The number of benzene rings is 1. The first-order valence-corrected chi connectivity index (χ1v) is 5.41. The lowest BCUT2D eigenvalue weighted by Gasteiger charge is -2.01. The van der Waals surface area contributed by atoms with Crippen LogP contribution < -0.4 is 0 Å². The van der Waals surface area contributed by atoms with E-state index in [-0.39, 0.29) is 5.78 Å². The fourth-order valence-corrected chi connectivity index (χ4v) is 1.43. The number of allylic oxidation sites excluding steroid dienone is 4. The van der Waals surface area contributed by atoms with Gasteiger partial charge in [-0.05, 0) is 43.4 Å². The molecule has 0 radical (unpaired) electrons. The Morgan fingerprint density at radius 3 is 2.56 bits per heavy atom. The summed E-state index contributed by atoms with van der Waals surface area (Å²) < 4.78 is 0. The topological polar surface area (TPSA) is 55.7 Å². The zero-order valence-electron chi connectivity index (χ0n) is 9.79.